The zero-order valence-electron chi connectivity index (χ0n) is 15.8. The van der Waals surface area contributed by atoms with Gasteiger partial charge in [0, 0.05) is 18.7 Å². The summed E-state index contributed by atoms with van der Waals surface area (Å²) in [5, 5.41) is 0. The van der Waals surface area contributed by atoms with Gasteiger partial charge in [-0.3, -0.25) is 9.52 Å². The van der Waals surface area contributed by atoms with E-state index in [0.29, 0.717) is 37.6 Å². The summed E-state index contributed by atoms with van der Waals surface area (Å²) in [6.45, 7) is 7.63. The van der Waals surface area contributed by atoms with E-state index in [-0.39, 0.29) is 10.8 Å². The molecular weight excluding hydrogens is 364 g/mol. The van der Waals surface area contributed by atoms with Crippen molar-refractivity contribution in [1.29, 1.82) is 0 Å². The fraction of sp³-hybridized carbons (Fsp3) is 0.350. The molecule has 1 heterocycles. The summed E-state index contributed by atoms with van der Waals surface area (Å²) in [6.07, 6.45) is 0. The normalized spacial score (nSPS) is 14.9. The molecule has 0 spiro atoms. The standard InChI is InChI=1S/C20H24N2O4S/c1-14-4-7-19(16(3)12-14)21-27(24,25)17-6-5-15(2)18(13-17)20(23)22-8-10-26-11-9-22/h4-7,12-13,21H,8-11H2,1-3H3. The van der Waals surface area contributed by atoms with Gasteiger partial charge in [-0.15, -0.1) is 0 Å². The van der Waals surface area contributed by atoms with Crippen molar-refractivity contribution in [2.75, 3.05) is 31.0 Å². The van der Waals surface area contributed by atoms with Crippen LogP contribution in [0.5, 0.6) is 0 Å². The van der Waals surface area contributed by atoms with E-state index in [1.165, 1.54) is 12.1 Å². The molecule has 1 aliphatic heterocycles. The maximum absolute atomic E-state index is 12.8. The highest BCUT2D eigenvalue weighted by Crippen LogP contribution is 2.23. The predicted octanol–water partition coefficient (Wildman–Crippen LogP) is 2.89. The number of carbonyl (C=O) groups excluding carboxylic acids is 1. The van der Waals surface area contributed by atoms with Crippen molar-refractivity contribution in [3.05, 3.63) is 58.7 Å². The van der Waals surface area contributed by atoms with Crippen LogP contribution in [0.4, 0.5) is 5.69 Å². The Bertz CT molecular complexity index is 964. The maximum atomic E-state index is 12.8. The summed E-state index contributed by atoms with van der Waals surface area (Å²) in [5.74, 6) is -0.167. The zero-order chi connectivity index (χ0) is 19.6. The van der Waals surface area contributed by atoms with E-state index in [1.54, 1.807) is 17.0 Å². The lowest BCUT2D eigenvalue weighted by molar-refractivity contribution is 0.0302. The Balaban J connectivity index is 1.90. The van der Waals surface area contributed by atoms with E-state index in [0.717, 1.165) is 16.7 Å². The van der Waals surface area contributed by atoms with Crippen LogP contribution < -0.4 is 4.72 Å². The van der Waals surface area contributed by atoms with E-state index in [2.05, 4.69) is 4.72 Å². The molecule has 0 bridgehead atoms. The third-order valence-electron chi connectivity index (χ3n) is 4.67. The Labute approximate surface area is 160 Å². The Hall–Kier alpha value is -2.38. The summed E-state index contributed by atoms with van der Waals surface area (Å²) in [6, 6.07) is 10.2. The van der Waals surface area contributed by atoms with Crippen LogP contribution >= 0.6 is 0 Å². The van der Waals surface area contributed by atoms with Crippen LogP contribution in [0, 0.1) is 20.8 Å². The van der Waals surface area contributed by atoms with Crippen molar-refractivity contribution < 1.29 is 17.9 Å². The number of rotatable bonds is 4. The molecule has 6 nitrogen and oxygen atoms in total. The minimum atomic E-state index is -3.80. The molecular formula is C20H24N2O4S. The highest BCUT2D eigenvalue weighted by molar-refractivity contribution is 7.92. The number of hydrogen-bond donors (Lipinski definition) is 1. The van der Waals surface area contributed by atoms with Gasteiger partial charge < -0.3 is 9.64 Å². The molecule has 1 aliphatic rings. The predicted molar refractivity (Wildman–Crippen MR) is 105 cm³/mol. The number of morpholine rings is 1. The van der Waals surface area contributed by atoms with E-state index < -0.39 is 10.0 Å². The third-order valence-corrected chi connectivity index (χ3v) is 6.04. The summed E-state index contributed by atoms with van der Waals surface area (Å²) in [5.41, 5.74) is 3.58. The first-order valence-corrected chi connectivity index (χ1v) is 10.3. The monoisotopic (exact) mass is 388 g/mol. The second kappa shape index (κ2) is 7.70. The fourth-order valence-corrected chi connectivity index (χ4v) is 4.22. The lowest BCUT2D eigenvalue weighted by Gasteiger charge is -2.27. The molecule has 0 unspecified atom stereocenters. The molecule has 2 aromatic carbocycles. The molecule has 0 radical (unpaired) electrons. The number of carbonyl (C=O) groups is 1. The number of sulfonamides is 1. The van der Waals surface area contributed by atoms with Crippen LogP contribution in [0.1, 0.15) is 27.0 Å². The smallest absolute Gasteiger partial charge is 0.261 e. The van der Waals surface area contributed by atoms with Crippen molar-refractivity contribution in [1.82, 2.24) is 4.90 Å². The second-order valence-corrected chi connectivity index (χ2v) is 8.49. The summed E-state index contributed by atoms with van der Waals surface area (Å²) >= 11 is 0. The second-order valence-electron chi connectivity index (χ2n) is 6.81. The Kier molecular flexibility index (Phi) is 5.53. The minimum Gasteiger partial charge on any atom is -0.378 e. The summed E-state index contributed by atoms with van der Waals surface area (Å²) in [7, 11) is -3.80. The molecule has 3 rings (SSSR count). The van der Waals surface area contributed by atoms with Crippen molar-refractivity contribution in [2.24, 2.45) is 0 Å². The molecule has 1 saturated heterocycles. The molecule has 1 N–H and O–H groups in total. The highest BCUT2D eigenvalue weighted by Gasteiger charge is 2.23. The zero-order valence-corrected chi connectivity index (χ0v) is 16.6. The molecule has 0 saturated carbocycles. The fourth-order valence-electron chi connectivity index (χ4n) is 3.07. The third kappa shape index (κ3) is 4.31. The van der Waals surface area contributed by atoms with E-state index in [4.69, 9.17) is 4.74 Å². The van der Waals surface area contributed by atoms with Gasteiger partial charge in [-0.25, -0.2) is 8.42 Å². The van der Waals surface area contributed by atoms with Crippen LogP contribution in [0.3, 0.4) is 0 Å². The van der Waals surface area contributed by atoms with Crippen LogP contribution in [-0.2, 0) is 14.8 Å². The van der Waals surface area contributed by atoms with Gasteiger partial charge in [0.1, 0.15) is 0 Å². The van der Waals surface area contributed by atoms with Gasteiger partial charge >= 0.3 is 0 Å². The summed E-state index contributed by atoms with van der Waals surface area (Å²) < 4.78 is 33.6. The largest absolute Gasteiger partial charge is 0.378 e. The van der Waals surface area contributed by atoms with Crippen molar-refractivity contribution in [3.8, 4) is 0 Å². The van der Waals surface area contributed by atoms with Crippen molar-refractivity contribution >= 4 is 21.6 Å². The van der Waals surface area contributed by atoms with Gasteiger partial charge in [0.2, 0.25) is 0 Å². The number of nitrogens with zero attached hydrogens (tertiary/aromatic N) is 1. The Morgan fingerprint density at radius 2 is 1.70 bits per heavy atom. The van der Waals surface area contributed by atoms with E-state index in [1.807, 2.05) is 32.9 Å². The molecule has 0 aromatic heterocycles. The van der Waals surface area contributed by atoms with Gasteiger partial charge in [0.25, 0.3) is 15.9 Å². The van der Waals surface area contributed by atoms with Gasteiger partial charge in [-0.2, -0.15) is 0 Å². The lowest BCUT2D eigenvalue weighted by Crippen LogP contribution is -2.41. The summed E-state index contributed by atoms with van der Waals surface area (Å²) in [4.78, 5) is 14.6. The number of hydrogen-bond acceptors (Lipinski definition) is 4. The maximum Gasteiger partial charge on any atom is 0.261 e. The number of aryl methyl sites for hydroxylation is 3. The Morgan fingerprint density at radius 1 is 1.00 bits per heavy atom. The first-order chi connectivity index (χ1) is 12.8. The van der Waals surface area contributed by atoms with Crippen molar-refractivity contribution in [3.63, 3.8) is 0 Å². The van der Waals surface area contributed by atoms with Crippen LogP contribution in [-0.4, -0.2) is 45.5 Å². The molecule has 1 amide bonds. The first kappa shape index (κ1) is 19.4. The van der Waals surface area contributed by atoms with Gasteiger partial charge in [0.15, 0.2) is 0 Å². The minimum absolute atomic E-state index is 0.0738. The van der Waals surface area contributed by atoms with Gasteiger partial charge in [-0.1, -0.05) is 23.8 Å². The average molecular weight is 388 g/mol. The van der Waals surface area contributed by atoms with Crippen LogP contribution in [0.2, 0.25) is 0 Å². The highest BCUT2D eigenvalue weighted by atomic mass is 32.2. The number of anilines is 1. The van der Waals surface area contributed by atoms with Gasteiger partial charge in [0.05, 0.1) is 23.8 Å². The topological polar surface area (TPSA) is 75.7 Å². The molecule has 7 heteroatoms. The van der Waals surface area contributed by atoms with E-state index in [9.17, 15) is 13.2 Å². The average Bonchev–Trinajstić information content (AvgIpc) is 2.64. The molecule has 1 fully saturated rings. The Morgan fingerprint density at radius 3 is 2.37 bits per heavy atom. The molecule has 0 atom stereocenters. The van der Waals surface area contributed by atoms with Crippen LogP contribution in [0.15, 0.2) is 41.3 Å². The molecule has 0 aliphatic carbocycles. The lowest BCUT2D eigenvalue weighted by atomic mass is 10.1. The number of benzene rings is 2. The van der Waals surface area contributed by atoms with Crippen molar-refractivity contribution in [2.45, 2.75) is 25.7 Å². The number of nitrogens with one attached hydrogen (secondary N) is 1. The number of amides is 1. The first-order valence-electron chi connectivity index (χ1n) is 8.86. The molecule has 27 heavy (non-hydrogen) atoms. The molecule has 2 aromatic rings. The van der Waals surface area contributed by atoms with Gasteiger partial charge in [-0.05, 0) is 50.1 Å². The van der Waals surface area contributed by atoms with Crippen LogP contribution in [0.25, 0.3) is 0 Å². The van der Waals surface area contributed by atoms with E-state index >= 15 is 0 Å². The SMILES string of the molecule is Cc1ccc(NS(=O)(=O)c2ccc(C)c(C(=O)N3CCOCC3)c2)c(C)c1. The number of ether oxygens (including phenoxy) is 1. The molecule has 144 valence electrons. The quantitative estimate of drug-likeness (QED) is 0.874.